The van der Waals surface area contributed by atoms with Gasteiger partial charge in [0, 0.05) is 10.7 Å². The van der Waals surface area contributed by atoms with Gasteiger partial charge in [0.2, 0.25) is 0 Å². The Morgan fingerprint density at radius 3 is 2.50 bits per heavy atom. The minimum absolute atomic E-state index is 0.178. The molecule has 0 atom stereocenters. The molecule has 0 aliphatic carbocycles. The number of carbonyl (C=O) groups is 2. The maximum absolute atomic E-state index is 13.0. The zero-order chi connectivity index (χ0) is 25.8. The van der Waals surface area contributed by atoms with Crippen molar-refractivity contribution < 1.29 is 19.1 Å². The Morgan fingerprint density at radius 1 is 1.06 bits per heavy atom. The van der Waals surface area contributed by atoms with Crippen LogP contribution in [-0.4, -0.2) is 29.9 Å². The van der Waals surface area contributed by atoms with E-state index in [1.807, 2.05) is 32.0 Å². The number of thioether (sulfide) groups is 1. The van der Waals surface area contributed by atoms with Gasteiger partial charge in [-0.15, -0.1) is 0 Å². The number of ether oxygens (including phenoxy) is 2. The molecule has 1 N–H and O–H groups in total. The number of nitrogens with one attached hydrogen (secondary N) is 1. The molecule has 4 rings (SSSR count). The smallest absolute Gasteiger partial charge is 0.270 e. The summed E-state index contributed by atoms with van der Waals surface area (Å²) < 4.78 is 11.6. The van der Waals surface area contributed by atoms with Crippen molar-refractivity contribution in [3.8, 4) is 11.5 Å². The monoisotopic (exact) mass is 538 g/mol. The molecule has 9 heteroatoms. The van der Waals surface area contributed by atoms with Crippen LogP contribution in [0.4, 0.5) is 11.4 Å². The van der Waals surface area contributed by atoms with Crippen LogP contribution in [0.2, 0.25) is 5.02 Å². The van der Waals surface area contributed by atoms with E-state index in [0.717, 1.165) is 16.7 Å². The lowest BCUT2D eigenvalue weighted by Crippen LogP contribution is -2.27. The predicted molar refractivity (Wildman–Crippen MR) is 150 cm³/mol. The van der Waals surface area contributed by atoms with Gasteiger partial charge in [0.05, 0.1) is 17.7 Å². The molecule has 0 bridgehead atoms. The summed E-state index contributed by atoms with van der Waals surface area (Å²) in [5, 5.41) is 3.41. The zero-order valence-corrected chi connectivity index (χ0v) is 22.2. The Balaban J connectivity index is 1.44. The molecule has 2 amide bonds. The molecule has 1 heterocycles. The van der Waals surface area contributed by atoms with E-state index >= 15 is 0 Å². The fourth-order valence-electron chi connectivity index (χ4n) is 3.48. The van der Waals surface area contributed by atoms with Gasteiger partial charge < -0.3 is 14.8 Å². The van der Waals surface area contributed by atoms with Crippen molar-refractivity contribution in [2.45, 2.75) is 13.8 Å². The third-order valence-corrected chi connectivity index (χ3v) is 7.07. The van der Waals surface area contributed by atoms with E-state index in [4.69, 9.17) is 33.3 Å². The number of halogens is 1. The van der Waals surface area contributed by atoms with E-state index in [-0.39, 0.29) is 18.4 Å². The molecular weight excluding hydrogens is 516 g/mol. The lowest BCUT2D eigenvalue weighted by Gasteiger charge is -2.14. The number of anilines is 2. The van der Waals surface area contributed by atoms with E-state index < -0.39 is 0 Å². The van der Waals surface area contributed by atoms with Crippen LogP contribution in [0.15, 0.2) is 65.6 Å². The topological polar surface area (TPSA) is 67.9 Å². The number of carbonyl (C=O) groups excluding carboxylic acids is 2. The van der Waals surface area contributed by atoms with Crippen molar-refractivity contribution >= 4 is 69.2 Å². The molecule has 0 radical (unpaired) electrons. The average molecular weight is 539 g/mol. The lowest BCUT2D eigenvalue weighted by molar-refractivity contribution is -0.118. The second-order valence-corrected chi connectivity index (χ2v) is 10.2. The van der Waals surface area contributed by atoms with Crippen LogP contribution in [0, 0.1) is 13.8 Å². The van der Waals surface area contributed by atoms with Crippen molar-refractivity contribution in [3.05, 3.63) is 87.3 Å². The number of hydrogen-bond donors (Lipinski definition) is 1. The standard InChI is InChI=1S/C27H23ClN2O4S2/c1-16-4-8-20(12-17(16)2)29-25(31)15-34-22-11-5-18(13-23(22)33-3)14-24-26(32)30(27(35)36-24)21-9-6-19(28)7-10-21/h4-14H,15H2,1-3H3,(H,29,31)/b24-14-. The maximum Gasteiger partial charge on any atom is 0.270 e. The average Bonchev–Trinajstić information content (AvgIpc) is 3.13. The van der Waals surface area contributed by atoms with Gasteiger partial charge in [-0.05, 0) is 85.1 Å². The Morgan fingerprint density at radius 2 is 1.81 bits per heavy atom. The maximum atomic E-state index is 13.0. The molecule has 1 aliphatic rings. The van der Waals surface area contributed by atoms with Crippen molar-refractivity contribution in [1.82, 2.24) is 0 Å². The second kappa shape index (κ2) is 11.2. The summed E-state index contributed by atoms with van der Waals surface area (Å²) in [4.78, 5) is 27.3. The number of nitrogens with zero attached hydrogens (tertiary/aromatic N) is 1. The minimum atomic E-state index is -0.282. The number of benzene rings is 3. The third-order valence-electron chi connectivity index (χ3n) is 5.51. The summed E-state index contributed by atoms with van der Waals surface area (Å²) in [6.07, 6.45) is 1.74. The first kappa shape index (κ1) is 25.8. The summed E-state index contributed by atoms with van der Waals surface area (Å²) in [6.45, 7) is 3.83. The van der Waals surface area contributed by atoms with Gasteiger partial charge in [-0.25, -0.2) is 0 Å². The normalized spacial score (nSPS) is 14.3. The van der Waals surface area contributed by atoms with E-state index in [2.05, 4.69) is 5.32 Å². The van der Waals surface area contributed by atoms with Crippen molar-refractivity contribution in [3.63, 3.8) is 0 Å². The zero-order valence-electron chi connectivity index (χ0n) is 19.8. The molecule has 3 aromatic rings. The second-order valence-electron chi connectivity index (χ2n) is 8.04. The van der Waals surface area contributed by atoms with Crippen LogP contribution >= 0.6 is 35.6 Å². The van der Waals surface area contributed by atoms with Crippen LogP contribution in [0.25, 0.3) is 6.08 Å². The molecule has 0 aromatic heterocycles. The SMILES string of the molecule is COc1cc(/C=C2\SC(=S)N(c3ccc(Cl)cc3)C2=O)ccc1OCC(=O)Nc1ccc(C)c(C)c1. The highest BCUT2D eigenvalue weighted by Gasteiger charge is 2.33. The van der Waals surface area contributed by atoms with Gasteiger partial charge in [0.25, 0.3) is 11.8 Å². The van der Waals surface area contributed by atoms with Crippen molar-refractivity contribution in [1.29, 1.82) is 0 Å². The molecule has 3 aromatic carbocycles. The quantitative estimate of drug-likeness (QED) is 0.278. The Bertz CT molecular complexity index is 1370. The summed E-state index contributed by atoms with van der Waals surface area (Å²) in [5.74, 6) is 0.361. The predicted octanol–water partition coefficient (Wildman–Crippen LogP) is 6.39. The van der Waals surface area contributed by atoms with E-state index in [9.17, 15) is 9.59 Å². The van der Waals surface area contributed by atoms with Crippen LogP contribution in [0.1, 0.15) is 16.7 Å². The highest BCUT2D eigenvalue weighted by atomic mass is 35.5. The Labute approximate surface area is 224 Å². The number of amides is 2. The van der Waals surface area contributed by atoms with Crippen LogP contribution < -0.4 is 19.7 Å². The van der Waals surface area contributed by atoms with Gasteiger partial charge >= 0.3 is 0 Å². The molecule has 1 saturated heterocycles. The van der Waals surface area contributed by atoms with Crippen LogP contribution in [0.3, 0.4) is 0 Å². The summed E-state index contributed by atoms with van der Waals surface area (Å²) in [7, 11) is 1.52. The summed E-state index contributed by atoms with van der Waals surface area (Å²) >= 11 is 12.6. The highest BCUT2D eigenvalue weighted by molar-refractivity contribution is 8.27. The molecular formula is C27H23ClN2O4S2. The molecule has 184 valence electrons. The molecule has 0 unspecified atom stereocenters. The fraction of sp³-hybridized carbons (Fsp3) is 0.148. The molecule has 0 saturated carbocycles. The molecule has 1 aliphatic heterocycles. The number of aryl methyl sites for hydroxylation is 2. The number of rotatable bonds is 7. The first-order valence-corrected chi connectivity index (χ1v) is 12.6. The van der Waals surface area contributed by atoms with Crippen LogP contribution in [0.5, 0.6) is 11.5 Å². The number of methoxy groups -OCH3 is 1. The summed E-state index contributed by atoms with van der Waals surface area (Å²) in [5.41, 5.74) is 4.35. The van der Waals surface area contributed by atoms with Gasteiger partial charge in [-0.1, -0.05) is 47.7 Å². The third kappa shape index (κ3) is 5.90. The summed E-state index contributed by atoms with van der Waals surface area (Å²) in [6, 6.07) is 17.9. The van der Waals surface area contributed by atoms with Gasteiger partial charge in [0.15, 0.2) is 22.4 Å². The number of hydrogen-bond acceptors (Lipinski definition) is 6. The fourth-order valence-corrected chi connectivity index (χ4v) is 4.91. The molecule has 1 fully saturated rings. The van der Waals surface area contributed by atoms with Crippen molar-refractivity contribution in [2.75, 3.05) is 23.9 Å². The van der Waals surface area contributed by atoms with E-state index in [0.29, 0.717) is 37.1 Å². The first-order valence-electron chi connectivity index (χ1n) is 11.0. The Hall–Kier alpha value is -3.33. The Kier molecular flexibility index (Phi) is 7.98. The van der Waals surface area contributed by atoms with E-state index in [1.54, 1.807) is 48.5 Å². The van der Waals surface area contributed by atoms with Gasteiger partial charge in [0.1, 0.15) is 0 Å². The number of thiocarbonyl (C=S) groups is 1. The van der Waals surface area contributed by atoms with Gasteiger partial charge in [-0.3, -0.25) is 14.5 Å². The van der Waals surface area contributed by atoms with Gasteiger partial charge in [-0.2, -0.15) is 0 Å². The molecule has 0 spiro atoms. The lowest BCUT2D eigenvalue weighted by atomic mass is 10.1. The molecule has 6 nitrogen and oxygen atoms in total. The van der Waals surface area contributed by atoms with Crippen LogP contribution in [-0.2, 0) is 9.59 Å². The molecule has 36 heavy (non-hydrogen) atoms. The minimum Gasteiger partial charge on any atom is -0.493 e. The first-order chi connectivity index (χ1) is 17.2. The van der Waals surface area contributed by atoms with Crippen molar-refractivity contribution in [2.24, 2.45) is 0 Å². The largest absolute Gasteiger partial charge is 0.493 e. The van der Waals surface area contributed by atoms with E-state index in [1.165, 1.54) is 23.8 Å². The highest BCUT2D eigenvalue weighted by Crippen LogP contribution is 2.37.